The summed E-state index contributed by atoms with van der Waals surface area (Å²) in [5.74, 6) is -0.338. The number of hydrogen-bond donors (Lipinski definition) is 0. The van der Waals surface area contributed by atoms with Crippen molar-refractivity contribution in [3.05, 3.63) is 119 Å². The second-order valence-corrected chi connectivity index (χ2v) is 13.4. The number of rotatable bonds is 4. The van der Waals surface area contributed by atoms with Crippen molar-refractivity contribution in [3.8, 4) is 22.4 Å². The van der Waals surface area contributed by atoms with Crippen LogP contribution in [0.4, 0.5) is 0 Å². The van der Waals surface area contributed by atoms with Gasteiger partial charge >= 0.3 is 0 Å². The van der Waals surface area contributed by atoms with Crippen LogP contribution in [-0.2, 0) is 16.8 Å². The Balaban J connectivity index is 1.28. The van der Waals surface area contributed by atoms with Gasteiger partial charge in [-0.25, -0.2) is 9.97 Å². The van der Waals surface area contributed by atoms with Crippen LogP contribution in [0, 0.1) is 19.3 Å². The van der Waals surface area contributed by atoms with Crippen LogP contribution in [0.25, 0.3) is 39.1 Å². The molecule has 0 saturated heterocycles. The first kappa shape index (κ1) is 27.4. The van der Waals surface area contributed by atoms with Crippen LogP contribution in [0.15, 0.2) is 91.0 Å². The summed E-state index contributed by atoms with van der Waals surface area (Å²) in [7, 11) is 0. The Kier molecular flexibility index (Phi) is 5.88. The summed E-state index contributed by atoms with van der Waals surface area (Å²) >= 11 is 0. The summed E-state index contributed by atoms with van der Waals surface area (Å²) in [5.41, 5.74) is 8.86. The number of pyridine rings is 1. The first-order valence-corrected chi connectivity index (χ1v) is 15.4. The molecule has 45 heavy (non-hydrogen) atoms. The summed E-state index contributed by atoms with van der Waals surface area (Å²) in [6, 6.07) is 30.2. The second-order valence-electron chi connectivity index (χ2n) is 13.4. The zero-order chi connectivity index (χ0) is 31.1. The normalized spacial score (nSPS) is 17.0. The fraction of sp³-hybridized carbons (Fsp3) is 0.237. The highest BCUT2D eigenvalue weighted by Gasteiger charge is 2.58. The van der Waals surface area contributed by atoms with Gasteiger partial charge in [0.1, 0.15) is 0 Å². The SMILES string of the molecule is Cc1cc2nc(C)c3cc(-c4ccccc4)c(-c4ccc(C5(N6C(=O)Cc7ccccc7C6=O)CC(C)(C)C5)cc4)nc3n2n1. The van der Waals surface area contributed by atoms with Crippen molar-refractivity contribution in [2.75, 3.05) is 0 Å². The molecule has 1 saturated carbocycles. The quantitative estimate of drug-likeness (QED) is 0.199. The summed E-state index contributed by atoms with van der Waals surface area (Å²) in [4.78, 5) is 39.1. The monoisotopic (exact) mass is 591 g/mol. The molecule has 2 aliphatic rings. The molecule has 0 bridgehead atoms. The molecule has 3 aromatic carbocycles. The number of amides is 2. The average Bonchev–Trinajstić information content (AvgIpc) is 3.40. The van der Waals surface area contributed by atoms with Crippen LogP contribution in [-0.4, -0.2) is 36.3 Å². The van der Waals surface area contributed by atoms with Gasteiger partial charge in [0.25, 0.3) is 5.91 Å². The van der Waals surface area contributed by atoms with Crippen LogP contribution in [0.3, 0.4) is 0 Å². The van der Waals surface area contributed by atoms with Gasteiger partial charge in [-0.1, -0.05) is 86.6 Å². The largest absolute Gasteiger partial charge is 0.274 e. The van der Waals surface area contributed by atoms with Crippen molar-refractivity contribution in [2.45, 2.75) is 52.5 Å². The third-order valence-corrected chi connectivity index (χ3v) is 9.48. The first-order chi connectivity index (χ1) is 21.6. The molecule has 6 aromatic rings. The molecule has 1 fully saturated rings. The van der Waals surface area contributed by atoms with Gasteiger partial charge in [0.05, 0.1) is 29.0 Å². The molecule has 3 aromatic heterocycles. The molecule has 222 valence electrons. The van der Waals surface area contributed by atoms with Gasteiger partial charge in [-0.05, 0) is 60.9 Å². The van der Waals surface area contributed by atoms with E-state index in [4.69, 9.17) is 15.1 Å². The van der Waals surface area contributed by atoms with Crippen LogP contribution >= 0.6 is 0 Å². The first-order valence-electron chi connectivity index (χ1n) is 15.4. The molecule has 7 nitrogen and oxygen atoms in total. The molecule has 8 rings (SSSR count). The molecule has 4 heterocycles. The highest BCUT2D eigenvalue weighted by molar-refractivity contribution is 6.10. The third-order valence-electron chi connectivity index (χ3n) is 9.48. The van der Waals surface area contributed by atoms with Gasteiger partial charge in [-0.15, -0.1) is 0 Å². The minimum Gasteiger partial charge on any atom is -0.274 e. The summed E-state index contributed by atoms with van der Waals surface area (Å²) in [5, 5.41) is 5.65. The van der Waals surface area contributed by atoms with E-state index in [1.807, 2.05) is 66.9 Å². The van der Waals surface area contributed by atoms with Crippen molar-refractivity contribution in [1.29, 1.82) is 0 Å². The third kappa shape index (κ3) is 4.21. The van der Waals surface area contributed by atoms with Crippen molar-refractivity contribution in [3.63, 3.8) is 0 Å². The molecule has 0 radical (unpaired) electrons. The Morgan fingerprint density at radius 3 is 2.20 bits per heavy atom. The number of aromatic nitrogens is 4. The Bertz CT molecular complexity index is 2170. The number of imide groups is 1. The molecule has 0 N–H and O–H groups in total. The molecule has 2 amide bonds. The molecule has 0 spiro atoms. The molecule has 7 heteroatoms. The maximum absolute atomic E-state index is 13.9. The highest BCUT2D eigenvalue weighted by atomic mass is 16.2. The van der Waals surface area contributed by atoms with Gasteiger partial charge in [0, 0.05) is 28.1 Å². The number of benzene rings is 3. The van der Waals surface area contributed by atoms with Crippen molar-refractivity contribution in [1.82, 2.24) is 24.5 Å². The lowest BCUT2D eigenvalue weighted by molar-refractivity contribution is -0.144. The fourth-order valence-electron chi connectivity index (χ4n) is 7.70. The van der Waals surface area contributed by atoms with Gasteiger partial charge in [-0.3, -0.25) is 14.5 Å². The number of hydrogen-bond acceptors (Lipinski definition) is 5. The maximum atomic E-state index is 13.9. The Morgan fingerprint density at radius 1 is 0.756 bits per heavy atom. The predicted molar refractivity (Wildman–Crippen MR) is 175 cm³/mol. The number of fused-ring (bicyclic) bond motifs is 4. The Morgan fingerprint density at radius 2 is 1.47 bits per heavy atom. The van der Waals surface area contributed by atoms with Crippen LogP contribution in [0.5, 0.6) is 0 Å². The molecular formula is C38H33N5O2. The van der Waals surface area contributed by atoms with Gasteiger partial charge in [-0.2, -0.15) is 9.61 Å². The second kappa shape index (κ2) is 9.66. The lowest BCUT2D eigenvalue weighted by Gasteiger charge is -2.58. The Hall–Kier alpha value is -5.17. The maximum Gasteiger partial charge on any atom is 0.261 e. The minimum absolute atomic E-state index is 0.00966. The van der Waals surface area contributed by atoms with E-state index in [-0.39, 0.29) is 23.7 Å². The standard InChI is InChI=1S/C38H33N5O2/c1-23-18-32-39-24(2)30-20-31(25-10-6-5-7-11-25)34(40-35(30)43(32)41-23)26-14-16-28(17-15-26)38(21-37(3,4)22-38)42-33(44)19-27-12-8-9-13-29(27)36(42)45/h5-18,20H,19,21-22H2,1-4H3. The van der Waals surface area contributed by atoms with E-state index in [0.717, 1.165) is 61.6 Å². The highest BCUT2D eigenvalue weighted by Crippen LogP contribution is 2.58. The van der Waals surface area contributed by atoms with Crippen molar-refractivity contribution in [2.24, 2.45) is 5.41 Å². The van der Waals surface area contributed by atoms with Crippen LogP contribution in [0.1, 0.15) is 59.6 Å². The summed E-state index contributed by atoms with van der Waals surface area (Å²) in [6.45, 7) is 8.37. The number of nitrogens with zero attached hydrogens (tertiary/aromatic N) is 5. The molecular weight excluding hydrogens is 558 g/mol. The number of carbonyl (C=O) groups is 2. The zero-order valence-corrected chi connectivity index (χ0v) is 25.8. The van der Waals surface area contributed by atoms with E-state index in [2.05, 4.69) is 56.3 Å². The smallest absolute Gasteiger partial charge is 0.261 e. The lowest BCUT2D eigenvalue weighted by atomic mass is 9.55. The predicted octanol–water partition coefficient (Wildman–Crippen LogP) is 7.47. The molecule has 1 aliphatic carbocycles. The van der Waals surface area contributed by atoms with Crippen LogP contribution in [0.2, 0.25) is 0 Å². The van der Waals surface area contributed by atoms with Gasteiger partial charge in [0.15, 0.2) is 11.3 Å². The van der Waals surface area contributed by atoms with Gasteiger partial charge in [0.2, 0.25) is 5.91 Å². The number of carbonyl (C=O) groups excluding carboxylic acids is 2. The zero-order valence-electron chi connectivity index (χ0n) is 25.8. The molecule has 0 unspecified atom stereocenters. The average molecular weight is 592 g/mol. The van der Waals surface area contributed by atoms with E-state index in [1.165, 1.54) is 0 Å². The molecule has 1 aliphatic heterocycles. The van der Waals surface area contributed by atoms with Gasteiger partial charge < -0.3 is 0 Å². The van der Waals surface area contributed by atoms with E-state index >= 15 is 0 Å². The fourth-order valence-corrected chi connectivity index (χ4v) is 7.70. The van der Waals surface area contributed by atoms with E-state index < -0.39 is 5.54 Å². The van der Waals surface area contributed by atoms with Crippen LogP contribution < -0.4 is 0 Å². The van der Waals surface area contributed by atoms with E-state index in [1.54, 1.807) is 4.90 Å². The van der Waals surface area contributed by atoms with E-state index in [9.17, 15) is 9.59 Å². The van der Waals surface area contributed by atoms with Crippen molar-refractivity contribution < 1.29 is 9.59 Å². The van der Waals surface area contributed by atoms with E-state index in [0.29, 0.717) is 18.4 Å². The lowest BCUT2D eigenvalue weighted by Crippen LogP contribution is -2.63. The van der Waals surface area contributed by atoms with Crippen molar-refractivity contribution >= 4 is 28.5 Å². The summed E-state index contributed by atoms with van der Waals surface area (Å²) < 4.78 is 1.82. The Labute approximate surface area is 261 Å². The minimum atomic E-state index is -0.690. The molecule has 0 atom stereocenters. The number of aryl methyl sites for hydroxylation is 2. The topological polar surface area (TPSA) is 80.5 Å². The summed E-state index contributed by atoms with van der Waals surface area (Å²) in [6.07, 6.45) is 1.66.